The molecular formula is C18H18F2N2O3. The summed E-state index contributed by atoms with van der Waals surface area (Å²) in [6.07, 6.45) is 0. The van der Waals surface area contributed by atoms with Crippen molar-refractivity contribution in [3.8, 4) is 0 Å². The van der Waals surface area contributed by atoms with Gasteiger partial charge < -0.3 is 15.4 Å². The molecule has 0 saturated heterocycles. The van der Waals surface area contributed by atoms with Gasteiger partial charge in [-0.15, -0.1) is 0 Å². The molecule has 2 rings (SSSR count). The van der Waals surface area contributed by atoms with E-state index in [2.05, 4.69) is 15.4 Å². The van der Waals surface area contributed by atoms with Gasteiger partial charge in [0.2, 0.25) is 0 Å². The van der Waals surface area contributed by atoms with Crippen LogP contribution in [-0.4, -0.2) is 19.1 Å². The predicted molar refractivity (Wildman–Crippen MR) is 89.4 cm³/mol. The van der Waals surface area contributed by atoms with Crippen LogP contribution in [0.4, 0.5) is 19.3 Å². The molecule has 0 saturated carbocycles. The average molecular weight is 348 g/mol. The number of anilines is 1. The van der Waals surface area contributed by atoms with Crippen molar-refractivity contribution in [2.75, 3.05) is 12.4 Å². The third kappa shape index (κ3) is 4.53. The standard InChI is InChI=1S/C18H18F2N2O3/c1-10-4-6-12(7-5-10)11(2)21-18(24)22-16-8-13(17(23)25-3)14(19)9-15(16)20/h4-9,11H,1-3H3,(H2,21,22,24). The Morgan fingerprint density at radius 2 is 1.72 bits per heavy atom. The van der Waals surface area contributed by atoms with Gasteiger partial charge in [-0.2, -0.15) is 0 Å². The molecule has 132 valence electrons. The van der Waals surface area contributed by atoms with Gasteiger partial charge >= 0.3 is 12.0 Å². The lowest BCUT2D eigenvalue weighted by molar-refractivity contribution is 0.0595. The molecular weight excluding hydrogens is 330 g/mol. The first-order valence-electron chi connectivity index (χ1n) is 7.53. The monoisotopic (exact) mass is 348 g/mol. The lowest BCUT2D eigenvalue weighted by Gasteiger charge is -2.16. The molecule has 25 heavy (non-hydrogen) atoms. The van der Waals surface area contributed by atoms with Crippen LogP contribution in [0.5, 0.6) is 0 Å². The fraction of sp³-hybridized carbons (Fsp3) is 0.222. The molecule has 2 amide bonds. The van der Waals surface area contributed by atoms with E-state index in [4.69, 9.17) is 0 Å². The number of carbonyl (C=O) groups excluding carboxylic acids is 2. The third-order valence-corrected chi connectivity index (χ3v) is 3.64. The number of carbonyl (C=O) groups is 2. The number of esters is 1. The molecule has 0 fully saturated rings. The van der Waals surface area contributed by atoms with Crippen LogP contribution in [0.1, 0.15) is 34.5 Å². The van der Waals surface area contributed by atoms with E-state index in [-0.39, 0.29) is 11.7 Å². The van der Waals surface area contributed by atoms with Crippen molar-refractivity contribution >= 4 is 17.7 Å². The smallest absolute Gasteiger partial charge is 0.340 e. The Bertz CT molecular complexity index is 792. The normalized spacial score (nSPS) is 11.6. The van der Waals surface area contributed by atoms with Gasteiger partial charge in [0.1, 0.15) is 11.6 Å². The van der Waals surface area contributed by atoms with Crippen molar-refractivity contribution in [1.29, 1.82) is 0 Å². The molecule has 0 heterocycles. The maximum atomic E-state index is 13.8. The minimum absolute atomic E-state index is 0.324. The van der Waals surface area contributed by atoms with E-state index in [1.54, 1.807) is 6.92 Å². The van der Waals surface area contributed by atoms with Gasteiger partial charge in [0.25, 0.3) is 0 Å². The second kappa shape index (κ2) is 7.74. The number of amides is 2. The maximum Gasteiger partial charge on any atom is 0.340 e. The van der Waals surface area contributed by atoms with Crippen LogP contribution in [-0.2, 0) is 4.74 Å². The quantitative estimate of drug-likeness (QED) is 0.823. The molecule has 0 aliphatic heterocycles. The Labute approximate surface area is 144 Å². The molecule has 1 atom stereocenters. The molecule has 2 aromatic rings. The SMILES string of the molecule is COC(=O)c1cc(NC(=O)NC(C)c2ccc(C)cc2)c(F)cc1F. The summed E-state index contributed by atoms with van der Waals surface area (Å²) in [7, 11) is 1.08. The molecule has 0 aromatic heterocycles. The van der Waals surface area contributed by atoms with Crippen molar-refractivity contribution in [3.05, 3.63) is 64.7 Å². The van der Waals surface area contributed by atoms with Crippen LogP contribution in [0.2, 0.25) is 0 Å². The zero-order chi connectivity index (χ0) is 18.6. The molecule has 0 aliphatic carbocycles. The van der Waals surface area contributed by atoms with Crippen LogP contribution in [0.25, 0.3) is 0 Å². The van der Waals surface area contributed by atoms with Crippen molar-refractivity contribution in [2.24, 2.45) is 0 Å². The summed E-state index contributed by atoms with van der Waals surface area (Å²) >= 11 is 0. The van der Waals surface area contributed by atoms with Gasteiger partial charge in [-0.3, -0.25) is 0 Å². The first kappa shape index (κ1) is 18.4. The second-order valence-electron chi connectivity index (χ2n) is 5.53. The fourth-order valence-electron chi connectivity index (χ4n) is 2.20. The number of nitrogens with one attached hydrogen (secondary N) is 2. The highest BCUT2D eigenvalue weighted by molar-refractivity contribution is 5.94. The molecule has 5 nitrogen and oxygen atoms in total. The second-order valence-corrected chi connectivity index (χ2v) is 5.53. The van der Waals surface area contributed by atoms with E-state index in [1.165, 1.54) is 0 Å². The molecule has 0 aliphatic rings. The largest absolute Gasteiger partial charge is 0.465 e. The fourth-order valence-corrected chi connectivity index (χ4v) is 2.20. The minimum atomic E-state index is -1.07. The Hall–Kier alpha value is -2.96. The zero-order valence-corrected chi connectivity index (χ0v) is 14.0. The average Bonchev–Trinajstić information content (AvgIpc) is 2.57. The number of ether oxygens (including phenoxy) is 1. The lowest BCUT2D eigenvalue weighted by Crippen LogP contribution is -2.31. The number of aryl methyl sites for hydroxylation is 1. The third-order valence-electron chi connectivity index (χ3n) is 3.64. The van der Waals surface area contributed by atoms with E-state index in [0.717, 1.165) is 24.3 Å². The zero-order valence-electron chi connectivity index (χ0n) is 14.0. The van der Waals surface area contributed by atoms with Crippen LogP contribution in [0.3, 0.4) is 0 Å². The Balaban J connectivity index is 2.12. The van der Waals surface area contributed by atoms with Gasteiger partial charge in [-0.1, -0.05) is 29.8 Å². The van der Waals surface area contributed by atoms with Crippen molar-refractivity contribution in [3.63, 3.8) is 0 Å². The molecule has 7 heteroatoms. The number of rotatable bonds is 4. The number of halogens is 2. The van der Waals surface area contributed by atoms with Gasteiger partial charge in [0, 0.05) is 6.07 Å². The van der Waals surface area contributed by atoms with Gasteiger partial charge in [0.05, 0.1) is 24.4 Å². The van der Waals surface area contributed by atoms with Crippen LogP contribution in [0, 0.1) is 18.6 Å². The summed E-state index contributed by atoms with van der Waals surface area (Å²) in [6, 6.07) is 7.96. The summed E-state index contributed by atoms with van der Waals surface area (Å²) in [4.78, 5) is 23.5. The lowest BCUT2D eigenvalue weighted by atomic mass is 10.1. The van der Waals surface area contributed by atoms with Crippen LogP contribution < -0.4 is 10.6 Å². The molecule has 1 unspecified atom stereocenters. The summed E-state index contributed by atoms with van der Waals surface area (Å²) in [5.41, 5.74) is 1.17. The van der Waals surface area contributed by atoms with Crippen molar-refractivity contribution in [1.82, 2.24) is 5.32 Å². The number of benzene rings is 2. The van der Waals surface area contributed by atoms with E-state index < -0.39 is 29.2 Å². The van der Waals surface area contributed by atoms with E-state index in [0.29, 0.717) is 6.07 Å². The van der Waals surface area contributed by atoms with Gasteiger partial charge in [-0.25, -0.2) is 18.4 Å². The topological polar surface area (TPSA) is 67.4 Å². The van der Waals surface area contributed by atoms with Crippen molar-refractivity contribution in [2.45, 2.75) is 19.9 Å². The van der Waals surface area contributed by atoms with Gasteiger partial charge in [0.15, 0.2) is 0 Å². The first-order chi connectivity index (χ1) is 11.8. The number of hydrogen-bond acceptors (Lipinski definition) is 3. The molecule has 0 bridgehead atoms. The predicted octanol–water partition coefficient (Wildman–Crippen LogP) is 3.94. The van der Waals surface area contributed by atoms with Crippen molar-refractivity contribution < 1.29 is 23.1 Å². The summed E-state index contributed by atoms with van der Waals surface area (Å²) < 4.78 is 31.8. The number of hydrogen-bond donors (Lipinski definition) is 2. The highest BCUT2D eigenvalue weighted by atomic mass is 19.1. The number of urea groups is 1. The Morgan fingerprint density at radius 3 is 2.32 bits per heavy atom. The van der Waals surface area contributed by atoms with E-state index in [9.17, 15) is 18.4 Å². The van der Waals surface area contributed by atoms with Crippen LogP contribution in [0.15, 0.2) is 36.4 Å². The number of methoxy groups -OCH3 is 1. The Kier molecular flexibility index (Phi) is 5.69. The van der Waals surface area contributed by atoms with E-state index in [1.807, 2.05) is 31.2 Å². The van der Waals surface area contributed by atoms with E-state index >= 15 is 0 Å². The summed E-state index contributed by atoms with van der Waals surface area (Å²) in [6.45, 7) is 3.72. The summed E-state index contributed by atoms with van der Waals surface area (Å²) in [5, 5.41) is 4.91. The molecule has 0 spiro atoms. The minimum Gasteiger partial charge on any atom is -0.465 e. The van der Waals surface area contributed by atoms with Crippen LogP contribution >= 0.6 is 0 Å². The highest BCUT2D eigenvalue weighted by Crippen LogP contribution is 2.21. The first-order valence-corrected chi connectivity index (χ1v) is 7.53. The molecule has 0 radical (unpaired) electrons. The highest BCUT2D eigenvalue weighted by Gasteiger charge is 2.18. The Morgan fingerprint density at radius 1 is 1.08 bits per heavy atom. The summed E-state index contributed by atoms with van der Waals surface area (Å²) in [5.74, 6) is -3.03. The molecule has 2 N–H and O–H groups in total. The maximum absolute atomic E-state index is 13.8. The molecule has 2 aromatic carbocycles. The van der Waals surface area contributed by atoms with Gasteiger partial charge in [-0.05, 0) is 25.5 Å².